The van der Waals surface area contributed by atoms with Crippen molar-refractivity contribution in [3.63, 3.8) is 0 Å². The number of methoxy groups -OCH3 is 1. The zero-order chi connectivity index (χ0) is 14.8. The number of guanidine groups is 1. The Morgan fingerprint density at radius 1 is 1.50 bits per heavy atom. The van der Waals surface area contributed by atoms with Crippen LogP contribution in [0.4, 0.5) is 0 Å². The van der Waals surface area contributed by atoms with Crippen LogP contribution in [0.3, 0.4) is 0 Å². The summed E-state index contributed by atoms with van der Waals surface area (Å²) in [5, 5.41) is 17.0. The molecule has 2 rings (SSSR count). The monoisotopic (exact) mass is 301 g/mol. The third kappa shape index (κ3) is 3.23. The molecule has 0 bridgehead atoms. The molecular formula is C14H27N3O2S. The Labute approximate surface area is 125 Å². The molecule has 2 aliphatic rings. The van der Waals surface area contributed by atoms with Gasteiger partial charge in [-0.15, -0.1) is 0 Å². The lowest BCUT2D eigenvalue weighted by atomic mass is 9.64. The molecule has 0 amide bonds. The first kappa shape index (κ1) is 15.9. The summed E-state index contributed by atoms with van der Waals surface area (Å²) < 4.78 is 5.46. The number of ether oxygens (including phenoxy) is 1. The van der Waals surface area contributed by atoms with Gasteiger partial charge in [-0.1, -0.05) is 13.8 Å². The summed E-state index contributed by atoms with van der Waals surface area (Å²) in [4.78, 5) is 4.25. The number of hydrogen-bond donors (Lipinski definition) is 3. The molecule has 1 aliphatic carbocycles. The van der Waals surface area contributed by atoms with Gasteiger partial charge in [0, 0.05) is 37.9 Å². The van der Waals surface area contributed by atoms with E-state index in [9.17, 15) is 5.11 Å². The number of nitrogens with one attached hydrogen (secondary N) is 2. The second-order valence-corrected chi connectivity index (χ2v) is 7.54. The summed E-state index contributed by atoms with van der Waals surface area (Å²) in [6.45, 7) is 4.97. The van der Waals surface area contributed by atoms with Gasteiger partial charge in [-0.05, 0) is 18.6 Å². The van der Waals surface area contributed by atoms with E-state index in [-0.39, 0.29) is 5.41 Å². The molecule has 0 aromatic carbocycles. The van der Waals surface area contributed by atoms with Crippen molar-refractivity contribution in [3.05, 3.63) is 0 Å². The molecule has 6 heteroatoms. The summed E-state index contributed by atoms with van der Waals surface area (Å²) in [5.74, 6) is 2.61. The third-order valence-electron chi connectivity index (χ3n) is 4.66. The van der Waals surface area contributed by atoms with Gasteiger partial charge in [-0.3, -0.25) is 4.99 Å². The van der Waals surface area contributed by atoms with Crippen LogP contribution in [-0.4, -0.2) is 61.0 Å². The average molecular weight is 301 g/mol. The van der Waals surface area contributed by atoms with Gasteiger partial charge < -0.3 is 20.5 Å². The van der Waals surface area contributed by atoms with Gasteiger partial charge in [0.1, 0.15) is 0 Å². The van der Waals surface area contributed by atoms with E-state index >= 15 is 0 Å². The van der Waals surface area contributed by atoms with Crippen LogP contribution in [0, 0.1) is 5.41 Å². The van der Waals surface area contributed by atoms with E-state index < -0.39 is 5.60 Å². The first-order chi connectivity index (χ1) is 9.41. The number of hydrogen-bond acceptors (Lipinski definition) is 4. The number of aliphatic hydroxyl groups is 1. The van der Waals surface area contributed by atoms with Crippen molar-refractivity contribution in [1.82, 2.24) is 10.6 Å². The van der Waals surface area contributed by atoms with Crippen molar-refractivity contribution in [2.24, 2.45) is 10.4 Å². The largest absolute Gasteiger partial charge is 0.387 e. The zero-order valence-electron chi connectivity index (χ0n) is 12.9. The summed E-state index contributed by atoms with van der Waals surface area (Å²) in [6, 6.07) is 0.353. The summed E-state index contributed by atoms with van der Waals surface area (Å²) in [7, 11) is 3.53. The molecule has 0 radical (unpaired) electrons. The normalized spacial score (nSPS) is 36.5. The van der Waals surface area contributed by atoms with E-state index in [1.807, 2.05) is 0 Å². The third-order valence-corrected chi connectivity index (χ3v) is 5.90. The van der Waals surface area contributed by atoms with Crippen molar-refractivity contribution >= 4 is 17.7 Å². The van der Waals surface area contributed by atoms with Gasteiger partial charge in [-0.2, -0.15) is 11.8 Å². The minimum absolute atomic E-state index is 0.104. The minimum Gasteiger partial charge on any atom is -0.387 e. The molecule has 1 aliphatic heterocycles. The van der Waals surface area contributed by atoms with E-state index in [4.69, 9.17) is 4.74 Å². The fourth-order valence-corrected chi connectivity index (χ4v) is 4.17. The van der Waals surface area contributed by atoms with E-state index in [1.165, 1.54) is 0 Å². The summed E-state index contributed by atoms with van der Waals surface area (Å²) in [5.41, 5.74) is -0.487. The van der Waals surface area contributed by atoms with Crippen LogP contribution in [0.2, 0.25) is 0 Å². The van der Waals surface area contributed by atoms with E-state index in [1.54, 1.807) is 25.9 Å². The van der Waals surface area contributed by atoms with E-state index in [0.717, 1.165) is 30.3 Å². The first-order valence-electron chi connectivity index (χ1n) is 7.21. The predicted octanol–water partition coefficient (Wildman–Crippen LogP) is 0.833. The highest BCUT2D eigenvalue weighted by Crippen LogP contribution is 2.42. The number of aliphatic imine (C=N–C) groups is 1. The SMILES string of the molecule is CN=C(NCC1(O)CCSC1)NC1CC(OC)C1(C)C. The van der Waals surface area contributed by atoms with Gasteiger partial charge in [-0.25, -0.2) is 0 Å². The van der Waals surface area contributed by atoms with E-state index in [2.05, 4.69) is 29.5 Å². The Bertz CT molecular complexity index is 367. The minimum atomic E-state index is -0.591. The highest BCUT2D eigenvalue weighted by atomic mass is 32.2. The highest BCUT2D eigenvalue weighted by Gasteiger charge is 2.49. The molecule has 5 nitrogen and oxygen atoms in total. The number of rotatable bonds is 4. The second kappa shape index (κ2) is 6.12. The van der Waals surface area contributed by atoms with Crippen LogP contribution in [0.5, 0.6) is 0 Å². The molecule has 2 fully saturated rings. The van der Waals surface area contributed by atoms with Crippen LogP contribution >= 0.6 is 11.8 Å². The van der Waals surface area contributed by atoms with Gasteiger partial charge in [0.15, 0.2) is 5.96 Å². The van der Waals surface area contributed by atoms with Crippen molar-refractivity contribution in [1.29, 1.82) is 0 Å². The fourth-order valence-electron chi connectivity index (χ4n) is 2.87. The standard InChI is InChI=1S/C14H27N3O2S/c1-13(2)10(7-11(13)19-4)17-12(15-3)16-8-14(18)5-6-20-9-14/h10-11,18H,5-9H2,1-4H3,(H2,15,16,17). The van der Waals surface area contributed by atoms with Gasteiger partial charge in [0.25, 0.3) is 0 Å². The van der Waals surface area contributed by atoms with Crippen LogP contribution in [0.1, 0.15) is 26.7 Å². The molecule has 0 aromatic heterocycles. The molecule has 1 saturated carbocycles. The average Bonchev–Trinajstić information content (AvgIpc) is 2.84. The predicted molar refractivity (Wildman–Crippen MR) is 84.4 cm³/mol. The van der Waals surface area contributed by atoms with Crippen LogP contribution < -0.4 is 10.6 Å². The van der Waals surface area contributed by atoms with Crippen molar-refractivity contribution in [3.8, 4) is 0 Å². The van der Waals surface area contributed by atoms with Gasteiger partial charge >= 0.3 is 0 Å². The second-order valence-electron chi connectivity index (χ2n) is 6.43. The molecule has 3 unspecified atom stereocenters. The Kier molecular flexibility index (Phi) is 4.87. The molecule has 1 heterocycles. The highest BCUT2D eigenvalue weighted by molar-refractivity contribution is 7.99. The van der Waals surface area contributed by atoms with Gasteiger partial charge in [0.05, 0.1) is 11.7 Å². The Morgan fingerprint density at radius 2 is 2.25 bits per heavy atom. The molecule has 3 N–H and O–H groups in total. The van der Waals surface area contributed by atoms with Crippen molar-refractivity contribution < 1.29 is 9.84 Å². The number of nitrogens with zero attached hydrogens (tertiary/aromatic N) is 1. The van der Waals surface area contributed by atoms with Crippen LogP contribution in [0.15, 0.2) is 4.99 Å². The first-order valence-corrected chi connectivity index (χ1v) is 8.37. The fraction of sp³-hybridized carbons (Fsp3) is 0.929. The van der Waals surface area contributed by atoms with Crippen LogP contribution in [0.25, 0.3) is 0 Å². The Morgan fingerprint density at radius 3 is 2.75 bits per heavy atom. The lowest BCUT2D eigenvalue weighted by Crippen LogP contribution is -2.63. The maximum atomic E-state index is 10.3. The Hall–Kier alpha value is -0.460. The topological polar surface area (TPSA) is 65.9 Å². The molecule has 1 saturated heterocycles. The smallest absolute Gasteiger partial charge is 0.191 e. The summed E-state index contributed by atoms with van der Waals surface area (Å²) in [6.07, 6.45) is 2.14. The molecule has 116 valence electrons. The zero-order valence-corrected chi connectivity index (χ0v) is 13.7. The van der Waals surface area contributed by atoms with E-state index in [0.29, 0.717) is 18.7 Å². The molecule has 20 heavy (non-hydrogen) atoms. The maximum Gasteiger partial charge on any atom is 0.191 e. The quantitative estimate of drug-likeness (QED) is 0.530. The molecule has 3 atom stereocenters. The number of thioether (sulfide) groups is 1. The lowest BCUT2D eigenvalue weighted by molar-refractivity contribution is -0.0923. The Balaban J connectivity index is 1.82. The van der Waals surface area contributed by atoms with Crippen molar-refractivity contribution in [2.75, 3.05) is 32.2 Å². The molecule has 0 aromatic rings. The molecule has 0 spiro atoms. The van der Waals surface area contributed by atoms with Gasteiger partial charge in [0.2, 0.25) is 0 Å². The van der Waals surface area contributed by atoms with Crippen molar-refractivity contribution in [2.45, 2.75) is 44.4 Å². The lowest BCUT2D eigenvalue weighted by Gasteiger charge is -2.51. The summed E-state index contributed by atoms with van der Waals surface area (Å²) >= 11 is 1.81. The maximum absolute atomic E-state index is 10.3. The van der Waals surface area contributed by atoms with Crippen LogP contribution in [-0.2, 0) is 4.74 Å². The molecular weight excluding hydrogens is 274 g/mol.